The van der Waals surface area contributed by atoms with Crippen molar-refractivity contribution in [2.75, 3.05) is 19.7 Å². The molecular formula is C31H37N5O6. The van der Waals surface area contributed by atoms with Gasteiger partial charge in [-0.1, -0.05) is 60.7 Å². The molecule has 0 saturated carbocycles. The molecule has 0 aromatic heterocycles. The molecule has 42 heavy (non-hydrogen) atoms. The average molecular weight is 576 g/mol. The van der Waals surface area contributed by atoms with Crippen LogP contribution in [0.1, 0.15) is 36.8 Å². The van der Waals surface area contributed by atoms with E-state index in [2.05, 4.69) is 16.0 Å². The molecule has 11 heteroatoms. The largest absolute Gasteiger partial charge is 0.394 e. The minimum absolute atomic E-state index is 0.161. The van der Waals surface area contributed by atoms with Gasteiger partial charge in [-0.15, -0.1) is 0 Å². The Hall–Kier alpha value is -4.25. The second-order valence-electron chi connectivity index (χ2n) is 11.1. The Bertz CT molecular complexity index is 1310. The SMILES string of the molecule is O=C1NC(Cc2ccccc2)C(=O)N2CCCC2C(=O)NC(Cc2ccccc2)C(=O)N2CCCC2C(=O)NC1CO. The van der Waals surface area contributed by atoms with Gasteiger partial charge >= 0.3 is 0 Å². The Morgan fingerprint density at radius 3 is 1.43 bits per heavy atom. The molecule has 0 aliphatic carbocycles. The Balaban J connectivity index is 1.50. The number of carbonyl (C=O) groups excluding carboxylic acids is 5. The molecule has 0 radical (unpaired) electrons. The fraction of sp³-hybridized carbons (Fsp3) is 0.452. The van der Waals surface area contributed by atoms with E-state index in [1.54, 1.807) is 0 Å². The van der Waals surface area contributed by atoms with Crippen LogP contribution in [-0.2, 0) is 36.8 Å². The molecule has 3 heterocycles. The van der Waals surface area contributed by atoms with Crippen LogP contribution in [0.2, 0.25) is 0 Å². The molecule has 222 valence electrons. The van der Waals surface area contributed by atoms with Gasteiger partial charge in [0.15, 0.2) is 0 Å². The van der Waals surface area contributed by atoms with Gasteiger partial charge in [-0.3, -0.25) is 24.0 Å². The highest BCUT2D eigenvalue weighted by Crippen LogP contribution is 2.23. The lowest BCUT2D eigenvalue weighted by molar-refractivity contribution is -0.143. The van der Waals surface area contributed by atoms with E-state index in [1.807, 2.05) is 60.7 Å². The summed E-state index contributed by atoms with van der Waals surface area (Å²) in [6.45, 7) is -0.0432. The van der Waals surface area contributed by atoms with E-state index in [4.69, 9.17) is 0 Å². The lowest BCUT2D eigenvalue weighted by Crippen LogP contribution is -2.58. The molecule has 5 amide bonds. The minimum atomic E-state index is -1.32. The summed E-state index contributed by atoms with van der Waals surface area (Å²) in [6.07, 6.45) is 2.35. The van der Waals surface area contributed by atoms with Gasteiger partial charge in [-0.25, -0.2) is 0 Å². The van der Waals surface area contributed by atoms with Gasteiger partial charge in [-0.2, -0.15) is 0 Å². The second-order valence-corrected chi connectivity index (χ2v) is 11.1. The lowest BCUT2D eigenvalue weighted by Gasteiger charge is -2.31. The molecule has 5 rings (SSSR count). The first-order valence-electron chi connectivity index (χ1n) is 14.6. The third-order valence-electron chi connectivity index (χ3n) is 8.29. The predicted octanol–water partition coefficient (Wildman–Crippen LogP) is -0.0859. The van der Waals surface area contributed by atoms with E-state index >= 15 is 0 Å². The van der Waals surface area contributed by atoms with E-state index in [1.165, 1.54) is 9.80 Å². The van der Waals surface area contributed by atoms with Crippen LogP contribution in [0.4, 0.5) is 0 Å². The highest BCUT2D eigenvalue weighted by molar-refractivity contribution is 5.98. The summed E-state index contributed by atoms with van der Waals surface area (Å²) in [5.74, 6) is -2.56. The standard InChI is InChI=1S/C31H37N5O6/c37-19-24-27(38)32-22(17-20-9-3-1-4-10-20)30(41)35-15-7-13-25(35)28(39)33-23(18-21-11-5-2-6-12-21)31(42)36-16-8-14-26(36)29(40)34-24/h1-6,9-12,22-26,37H,7-8,13-19H2,(H,32,38)(H,33,39)(H,34,40). The molecular weight excluding hydrogens is 538 g/mol. The van der Waals surface area contributed by atoms with Crippen molar-refractivity contribution in [1.29, 1.82) is 0 Å². The summed E-state index contributed by atoms with van der Waals surface area (Å²) in [7, 11) is 0. The summed E-state index contributed by atoms with van der Waals surface area (Å²) in [5.41, 5.74) is 1.64. The number of nitrogens with one attached hydrogen (secondary N) is 3. The van der Waals surface area contributed by atoms with Crippen molar-refractivity contribution in [3.63, 3.8) is 0 Å². The van der Waals surface area contributed by atoms with E-state index in [9.17, 15) is 29.1 Å². The zero-order chi connectivity index (χ0) is 29.6. The number of aliphatic hydroxyl groups is 1. The van der Waals surface area contributed by atoms with Gasteiger partial charge in [0.25, 0.3) is 0 Å². The maximum atomic E-state index is 13.9. The van der Waals surface area contributed by atoms with Gasteiger partial charge < -0.3 is 30.9 Å². The smallest absolute Gasteiger partial charge is 0.246 e. The zero-order valence-corrected chi connectivity index (χ0v) is 23.4. The van der Waals surface area contributed by atoms with Crippen molar-refractivity contribution in [2.24, 2.45) is 0 Å². The number of hydrogen-bond acceptors (Lipinski definition) is 6. The molecule has 0 spiro atoms. The zero-order valence-electron chi connectivity index (χ0n) is 23.4. The van der Waals surface area contributed by atoms with Gasteiger partial charge in [-0.05, 0) is 36.8 Å². The number of carbonyl (C=O) groups is 5. The Morgan fingerprint density at radius 2 is 1.00 bits per heavy atom. The third-order valence-corrected chi connectivity index (χ3v) is 8.29. The number of amides is 5. The van der Waals surface area contributed by atoms with Crippen LogP contribution < -0.4 is 16.0 Å². The van der Waals surface area contributed by atoms with Crippen molar-refractivity contribution in [1.82, 2.24) is 25.8 Å². The molecule has 5 atom stereocenters. The second kappa shape index (κ2) is 13.2. The Kier molecular flexibility index (Phi) is 9.16. The summed E-state index contributed by atoms with van der Waals surface area (Å²) >= 11 is 0. The first kappa shape index (κ1) is 29.2. The van der Waals surface area contributed by atoms with Crippen LogP contribution >= 0.6 is 0 Å². The molecule has 2 aromatic rings. The van der Waals surface area contributed by atoms with E-state index in [0.29, 0.717) is 38.8 Å². The van der Waals surface area contributed by atoms with Crippen molar-refractivity contribution in [2.45, 2.75) is 68.7 Å². The van der Waals surface area contributed by atoms with E-state index in [0.717, 1.165) is 11.1 Å². The molecule has 11 nitrogen and oxygen atoms in total. The topological polar surface area (TPSA) is 148 Å². The Morgan fingerprint density at radius 1 is 0.595 bits per heavy atom. The van der Waals surface area contributed by atoms with Crippen LogP contribution in [-0.4, -0.2) is 94.3 Å². The van der Waals surface area contributed by atoms with Crippen LogP contribution in [0.3, 0.4) is 0 Å². The molecule has 3 aliphatic heterocycles. The highest BCUT2D eigenvalue weighted by Gasteiger charge is 2.43. The van der Waals surface area contributed by atoms with Crippen molar-refractivity contribution in [3.8, 4) is 0 Å². The van der Waals surface area contributed by atoms with Gasteiger partial charge in [0.2, 0.25) is 29.5 Å². The van der Waals surface area contributed by atoms with Crippen molar-refractivity contribution in [3.05, 3.63) is 71.8 Å². The number of aliphatic hydroxyl groups excluding tert-OH is 1. The molecule has 3 aliphatic rings. The summed E-state index contributed by atoms with van der Waals surface area (Å²) < 4.78 is 0. The van der Waals surface area contributed by atoms with E-state index < -0.39 is 66.4 Å². The molecule has 3 fully saturated rings. The first-order valence-corrected chi connectivity index (χ1v) is 14.6. The molecule has 0 bridgehead atoms. The Labute approximate surface area is 244 Å². The van der Waals surface area contributed by atoms with Gasteiger partial charge in [0, 0.05) is 25.9 Å². The summed E-state index contributed by atoms with van der Waals surface area (Å²) in [5, 5.41) is 18.3. The maximum Gasteiger partial charge on any atom is 0.246 e. The monoisotopic (exact) mass is 575 g/mol. The summed E-state index contributed by atoms with van der Waals surface area (Å²) in [4.78, 5) is 71.2. The fourth-order valence-electron chi connectivity index (χ4n) is 6.11. The lowest BCUT2D eigenvalue weighted by atomic mass is 10.0. The molecule has 4 N–H and O–H groups in total. The van der Waals surface area contributed by atoms with Gasteiger partial charge in [0.1, 0.15) is 30.2 Å². The summed E-state index contributed by atoms with van der Waals surface area (Å²) in [6, 6.07) is 13.5. The van der Waals surface area contributed by atoms with Crippen LogP contribution in [0, 0.1) is 0 Å². The fourth-order valence-corrected chi connectivity index (χ4v) is 6.11. The average Bonchev–Trinajstić information content (AvgIpc) is 3.70. The molecule has 5 unspecified atom stereocenters. The molecule has 3 saturated heterocycles. The van der Waals surface area contributed by atoms with Crippen LogP contribution in [0.25, 0.3) is 0 Å². The minimum Gasteiger partial charge on any atom is -0.394 e. The van der Waals surface area contributed by atoms with Gasteiger partial charge in [0.05, 0.1) is 6.61 Å². The third kappa shape index (κ3) is 6.46. The predicted molar refractivity (Wildman–Crippen MR) is 153 cm³/mol. The van der Waals surface area contributed by atoms with Crippen molar-refractivity contribution < 1.29 is 29.1 Å². The quantitative estimate of drug-likeness (QED) is 0.392. The normalized spacial score (nSPS) is 27.4. The van der Waals surface area contributed by atoms with Crippen LogP contribution in [0.5, 0.6) is 0 Å². The van der Waals surface area contributed by atoms with Crippen LogP contribution in [0.15, 0.2) is 60.7 Å². The number of rotatable bonds is 5. The van der Waals surface area contributed by atoms with E-state index in [-0.39, 0.29) is 12.8 Å². The maximum absolute atomic E-state index is 13.9. The molecule has 2 aromatic carbocycles. The first-order chi connectivity index (χ1) is 20.4. The highest BCUT2D eigenvalue weighted by atomic mass is 16.3. The number of nitrogens with zero attached hydrogens (tertiary/aromatic N) is 2. The number of hydrogen-bond donors (Lipinski definition) is 4. The number of fused-ring (bicyclic) bond motifs is 2. The number of benzene rings is 2. The van der Waals surface area contributed by atoms with Crippen molar-refractivity contribution >= 4 is 29.5 Å².